The molecule has 10 heteroatoms. The Morgan fingerprint density at radius 2 is 1.92 bits per heavy atom. The van der Waals surface area contributed by atoms with Crippen LogP contribution in [-0.4, -0.2) is 49.1 Å². The Morgan fingerprint density at radius 1 is 1.31 bits per heavy atom. The number of ether oxygens (including phenoxy) is 1. The maximum absolute atomic E-state index is 12.4. The molecule has 1 fully saturated rings. The van der Waals surface area contributed by atoms with E-state index in [0.717, 1.165) is 6.07 Å². The number of piperidine rings is 1. The van der Waals surface area contributed by atoms with Gasteiger partial charge in [0, 0.05) is 31.3 Å². The minimum Gasteiger partial charge on any atom is -0.444 e. The summed E-state index contributed by atoms with van der Waals surface area (Å²) in [4.78, 5) is 23.6. The lowest BCUT2D eigenvalue weighted by atomic mass is 10.1. The maximum Gasteiger partial charge on any atom is 0.410 e. The van der Waals surface area contributed by atoms with Crippen molar-refractivity contribution in [1.82, 2.24) is 9.62 Å². The van der Waals surface area contributed by atoms with Crippen LogP contribution in [0.3, 0.4) is 0 Å². The number of nitrogens with one attached hydrogen (secondary N) is 1. The number of hydrogen-bond acceptors (Lipinski definition) is 6. The number of nitrogens with zero attached hydrogens (tertiary/aromatic N) is 2. The third-order valence-electron chi connectivity index (χ3n) is 3.81. The number of sulfonamides is 1. The van der Waals surface area contributed by atoms with Gasteiger partial charge in [-0.2, -0.15) is 0 Å². The topological polar surface area (TPSA) is 119 Å². The van der Waals surface area contributed by atoms with E-state index >= 15 is 0 Å². The number of amides is 1. The van der Waals surface area contributed by atoms with Crippen LogP contribution in [0, 0.1) is 10.1 Å². The van der Waals surface area contributed by atoms with Crippen molar-refractivity contribution < 1.29 is 22.9 Å². The largest absolute Gasteiger partial charge is 0.444 e. The zero-order valence-electron chi connectivity index (χ0n) is 15.0. The van der Waals surface area contributed by atoms with Crippen molar-refractivity contribution in [2.45, 2.75) is 50.2 Å². The first-order valence-corrected chi connectivity index (χ1v) is 9.71. The number of likely N-dealkylation sites (tertiary alicyclic amines) is 1. The van der Waals surface area contributed by atoms with E-state index in [1.54, 1.807) is 25.7 Å². The van der Waals surface area contributed by atoms with Crippen LogP contribution >= 0.6 is 0 Å². The minimum atomic E-state index is -3.87. The molecular weight excluding hydrogens is 362 g/mol. The van der Waals surface area contributed by atoms with E-state index in [1.165, 1.54) is 18.2 Å². The summed E-state index contributed by atoms with van der Waals surface area (Å²) in [5.74, 6) is 0. The quantitative estimate of drug-likeness (QED) is 0.627. The number of benzene rings is 1. The Hall–Kier alpha value is -2.20. The van der Waals surface area contributed by atoms with E-state index in [-0.39, 0.29) is 16.6 Å². The van der Waals surface area contributed by atoms with E-state index in [1.807, 2.05) is 0 Å². The summed E-state index contributed by atoms with van der Waals surface area (Å²) in [5.41, 5.74) is -0.870. The molecule has 0 spiro atoms. The molecule has 0 saturated carbocycles. The minimum absolute atomic E-state index is 0.152. The molecule has 1 heterocycles. The van der Waals surface area contributed by atoms with Crippen LogP contribution in [0.2, 0.25) is 0 Å². The van der Waals surface area contributed by atoms with Gasteiger partial charge < -0.3 is 9.64 Å². The van der Waals surface area contributed by atoms with Crippen LogP contribution in [0.5, 0.6) is 0 Å². The number of carbonyl (C=O) groups is 1. The average Bonchev–Trinajstić information content (AvgIpc) is 2.53. The normalized spacial score (nSPS) is 16.3. The fourth-order valence-electron chi connectivity index (χ4n) is 2.56. The van der Waals surface area contributed by atoms with E-state index in [4.69, 9.17) is 4.74 Å². The number of nitro benzene ring substituents is 1. The van der Waals surface area contributed by atoms with Gasteiger partial charge >= 0.3 is 6.09 Å². The van der Waals surface area contributed by atoms with Crippen molar-refractivity contribution in [3.05, 3.63) is 34.4 Å². The van der Waals surface area contributed by atoms with Gasteiger partial charge in [-0.15, -0.1) is 0 Å². The molecule has 26 heavy (non-hydrogen) atoms. The highest BCUT2D eigenvalue weighted by Crippen LogP contribution is 2.20. The number of carbonyl (C=O) groups excluding carboxylic acids is 1. The van der Waals surface area contributed by atoms with E-state index in [2.05, 4.69) is 4.72 Å². The van der Waals surface area contributed by atoms with Gasteiger partial charge in [-0.05, 0) is 39.7 Å². The first-order valence-electron chi connectivity index (χ1n) is 8.23. The fraction of sp³-hybridized carbons (Fsp3) is 0.562. The summed E-state index contributed by atoms with van der Waals surface area (Å²) in [6.07, 6.45) is 0.457. The molecule has 1 N–H and O–H groups in total. The highest BCUT2D eigenvalue weighted by atomic mass is 32.2. The molecule has 1 amide bonds. The molecule has 0 aliphatic carbocycles. The summed E-state index contributed by atoms with van der Waals surface area (Å²) in [6, 6.07) is 4.55. The van der Waals surface area contributed by atoms with E-state index in [0.29, 0.717) is 25.9 Å². The molecule has 0 unspecified atom stereocenters. The third-order valence-corrected chi connectivity index (χ3v) is 5.33. The van der Waals surface area contributed by atoms with Gasteiger partial charge in [0.1, 0.15) is 5.60 Å². The summed E-state index contributed by atoms with van der Waals surface area (Å²) in [7, 11) is -3.87. The van der Waals surface area contributed by atoms with Gasteiger partial charge in [0.15, 0.2) is 0 Å². The summed E-state index contributed by atoms with van der Waals surface area (Å²) in [5, 5.41) is 10.8. The number of non-ortho nitro benzene ring substituents is 1. The fourth-order valence-corrected chi connectivity index (χ4v) is 3.90. The van der Waals surface area contributed by atoms with Crippen LogP contribution in [0.1, 0.15) is 33.6 Å². The summed E-state index contributed by atoms with van der Waals surface area (Å²) >= 11 is 0. The Balaban J connectivity index is 1.97. The molecule has 9 nitrogen and oxygen atoms in total. The second-order valence-corrected chi connectivity index (χ2v) is 8.83. The first kappa shape index (κ1) is 20.1. The standard InChI is InChI=1S/C16H23N3O6S/c1-16(2,3)25-15(20)18-9-7-12(8-10-18)17-26(23,24)14-6-4-5-13(11-14)19(21)22/h4-6,11-12,17H,7-10H2,1-3H3. The molecule has 0 aromatic heterocycles. The molecule has 144 valence electrons. The Morgan fingerprint density at radius 3 is 2.46 bits per heavy atom. The highest BCUT2D eigenvalue weighted by molar-refractivity contribution is 7.89. The number of nitro groups is 1. The van der Waals surface area contributed by atoms with Crippen molar-refractivity contribution >= 4 is 21.8 Å². The lowest BCUT2D eigenvalue weighted by Crippen LogP contribution is -2.47. The third kappa shape index (κ3) is 5.40. The molecule has 1 aliphatic rings. The van der Waals surface area contributed by atoms with Crippen molar-refractivity contribution in [3.63, 3.8) is 0 Å². The van der Waals surface area contributed by atoms with Crippen LogP contribution < -0.4 is 4.72 Å². The van der Waals surface area contributed by atoms with E-state index < -0.39 is 26.6 Å². The maximum atomic E-state index is 12.4. The van der Waals surface area contributed by atoms with Crippen LogP contribution in [0.4, 0.5) is 10.5 Å². The zero-order valence-corrected chi connectivity index (χ0v) is 15.8. The lowest BCUT2D eigenvalue weighted by molar-refractivity contribution is -0.385. The van der Waals surface area contributed by atoms with Gasteiger partial charge in [-0.25, -0.2) is 17.9 Å². The molecule has 1 aromatic rings. The Kier molecular flexibility index (Phi) is 5.87. The molecule has 1 aromatic carbocycles. The SMILES string of the molecule is CC(C)(C)OC(=O)N1CCC(NS(=O)(=O)c2cccc([N+](=O)[O-])c2)CC1. The second-order valence-electron chi connectivity index (χ2n) is 7.12. The summed E-state index contributed by atoms with van der Waals surface area (Å²) in [6.45, 7) is 6.09. The number of rotatable bonds is 4. The smallest absolute Gasteiger partial charge is 0.410 e. The monoisotopic (exact) mass is 385 g/mol. The molecular formula is C16H23N3O6S. The first-order chi connectivity index (χ1) is 12.0. The lowest BCUT2D eigenvalue weighted by Gasteiger charge is -2.33. The van der Waals surface area contributed by atoms with Crippen LogP contribution in [0.25, 0.3) is 0 Å². The average molecular weight is 385 g/mol. The van der Waals surface area contributed by atoms with Crippen molar-refractivity contribution in [1.29, 1.82) is 0 Å². The Bertz CT molecular complexity index is 779. The zero-order chi connectivity index (χ0) is 19.5. The molecule has 1 saturated heterocycles. The van der Waals surface area contributed by atoms with Crippen molar-refractivity contribution in [2.24, 2.45) is 0 Å². The Labute approximate surface area is 152 Å². The molecule has 2 rings (SSSR count). The van der Waals surface area contributed by atoms with Crippen molar-refractivity contribution in [2.75, 3.05) is 13.1 Å². The molecule has 0 atom stereocenters. The van der Waals surface area contributed by atoms with Gasteiger partial charge in [-0.1, -0.05) is 6.07 Å². The van der Waals surface area contributed by atoms with Crippen molar-refractivity contribution in [3.8, 4) is 0 Å². The molecule has 0 radical (unpaired) electrons. The second kappa shape index (κ2) is 7.58. The predicted octanol–water partition coefficient (Wildman–Crippen LogP) is 2.27. The predicted molar refractivity (Wildman–Crippen MR) is 94.2 cm³/mol. The summed E-state index contributed by atoms with van der Waals surface area (Å²) < 4.78 is 32.7. The van der Waals surface area contributed by atoms with Crippen LogP contribution in [0.15, 0.2) is 29.2 Å². The molecule has 0 bridgehead atoms. The van der Waals surface area contributed by atoms with E-state index in [9.17, 15) is 23.3 Å². The van der Waals surface area contributed by atoms with Gasteiger partial charge in [0.25, 0.3) is 5.69 Å². The number of hydrogen-bond donors (Lipinski definition) is 1. The van der Waals surface area contributed by atoms with Gasteiger partial charge in [0.05, 0.1) is 9.82 Å². The van der Waals surface area contributed by atoms with Crippen LogP contribution in [-0.2, 0) is 14.8 Å². The van der Waals surface area contributed by atoms with Gasteiger partial charge in [0.2, 0.25) is 10.0 Å². The highest BCUT2D eigenvalue weighted by Gasteiger charge is 2.29. The van der Waals surface area contributed by atoms with Gasteiger partial charge in [-0.3, -0.25) is 10.1 Å². The molecule has 1 aliphatic heterocycles.